The quantitative estimate of drug-likeness (QED) is 0.265. The molecule has 0 bridgehead atoms. The molecular weight excluding hydrogens is 426 g/mol. The van der Waals surface area contributed by atoms with Crippen molar-refractivity contribution in [1.29, 1.82) is 0 Å². The highest BCUT2D eigenvalue weighted by atomic mass is 14.9. The summed E-state index contributed by atoms with van der Waals surface area (Å²) in [4.78, 5) is 9.04. The molecule has 7 rings (SSSR count). The van der Waals surface area contributed by atoms with Crippen LogP contribution in [0.15, 0.2) is 79.4 Å². The third kappa shape index (κ3) is 2.61. The Morgan fingerprint density at radius 2 is 1.00 bits per heavy atom. The first-order valence-electron chi connectivity index (χ1n) is 12.1. The highest BCUT2D eigenvalue weighted by Gasteiger charge is 2.25. The summed E-state index contributed by atoms with van der Waals surface area (Å²) >= 11 is 0. The molecule has 0 aliphatic heterocycles. The summed E-state index contributed by atoms with van der Waals surface area (Å²) in [7, 11) is 0. The van der Waals surface area contributed by atoms with Crippen molar-refractivity contribution >= 4 is 38.1 Å². The van der Waals surface area contributed by atoms with E-state index in [-0.39, 0.29) is 0 Å². The Bertz CT molecular complexity index is 1760. The maximum atomic E-state index is 4.52. The van der Waals surface area contributed by atoms with Crippen molar-refractivity contribution in [3.05, 3.63) is 102 Å². The van der Waals surface area contributed by atoms with Gasteiger partial charge in [0.2, 0.25) is 0 Å². The molecule has 168 valence electrons. The zero-order valence-electron chi connectivity index (χ0n) is 20.3. The van der Waals surface area contributed by atoms with Crippen LogP contribution in [0.4, 0.5) is 0 Å². The number of aryl methyl sites for hydroxylation is 4. The second kappa shape index (κ2) is 7.13. The van der Waals surface area contributed by atoms with Crippen molar-refractivity contribution in [3.63, 3.8) is 0 Å². The molecule has 0 aliphatic carbocycles. The first-order valence-corrected chi connectivity index (χ1v) is 12.1. The summed E-state index contributed by atoms with van der Waals surface area (Å²) in [5.41, 5.74) is 13.9. The molecule has 3 aromatic carbocycles. The number of benzene rings is 3. The smallest absolute Gasteiger partial charge is 0.0725 e. The Morgan fingerprint density at radius 1 is 0.571 bits per heavy atom. The molecule has 3 nitrogen and oxygen atoms in total. The van der Waals surface area contributed by atoms with Gasteiger partial charge in [-0.1, -0.05) is 36.4 Å². The molecule has 0 N–H and O–H groups in total. The van der Waals surface area contributed by atoms with E-state index in [4.69, 9.17) is 0 Å². The lowest BCUT2D eigenvalue weighted by Crippen LogP contribution is -1.93. The van der Waals surface area contributed by atoms with Crippen molar-refractivity contribution in [2.75, 3.05) is 0 Å². The van der Waals surface area contributed by atoms with Crippen LogP contribution in [0, 0.1) is 27.7 Å². The lowest BCUT2D eigenvalue weighted by molar-refractivity contribution is 1.27. The molecule has 0 atom stereocenters. The number of rotatable bonds is 2. The minimum Gasteiger partial charge on any atom is -0.305 e. The van der Waals surface area contributed by atoms with Crippen LogP contribution in [-0.2, 0) is 0 Å². The van der Waals surface area contributed by atoms with E-state index in [2.05, 4.69) is 96.7 Å². The Labute approximate surface area is 204 Å². The fourth-order valence-electron chi connectivity index (χ4n) is 6.23. The van der Waals surface area contributed by atoms with Crippen LogP contribution in [0.3, 0.4) is 0 Å². The van der Waals surface area contributed by atoms with Crippen molar-refractivity contribution in [3.8, 4) is 22.3 Å². The predicted molar refractivity (Wildman–Crippen MR) is 147 cm³/mol. The van der Waals surface area contributed by atoms with Crippen LogP contribution in [0.25, 0.3) is 60.3 Å². The number of hydrogen-bond donors (Lipinski definition) is 0. The van der Waals surface area contributed by atoms with Gasteiger partial charge < -0.3 is 4.40 Å². The van der Waals surface area contributed by atoms with Gasteiger partial charge in [-0.25, -0.2) is 0 Å². The van der Waals surface area contributed by atoms with Gasteiger partial charge >= 0.3 is 0 Å². The van der Waals surface area contributed by atoms with E-state index in [0.29, 0.717) is 0 Å². The molecule has 35 heavy (non-hydrogen) atoms. The van der Waals surface area contributed by atoms with E-state index in [0.717, 1.165) is 11.0 Å². The maximum absolute atomic E-state index is 4.52. The minimum absolute atomic E-state index is 1.13. The summed E-state index contributed by atoms with van der Waals surface area (Å²) in [5.74, 6) is 0. The maximum Gasteiger partial charge on any atom is 0.0725 e. The van der Waals surface area contributed by atoms with Gasteiger partial charge in [-0.05, 0) is 90.4 Å². The average molecular weight is 452 g/mol. The summed E-state index contributed by atoms with van der Waals surface area (Å²) in [6.07, 6.45) is 7.81. The summed E-state index contributed by atoms with van der Waals surface area (Å²) in [6.45, 7) is 8.89. The standard InChI is InChI=1S/C32H25N3/c1-18-7-5-8-19(2)28(18)24-15-25(29-20(3)9-6-10-21(29)4)31-23-12-14-34-17-27(23)35-26-16-33-13-11-22(26)30(24)32(31)35/h5-17H,1-4H3. The molecule has 0 saturated heterocycles. The van der Waals surface area contributed by atoms with Crippen molar-refractivity contribution in [2.45, 2.75) is 27.7 Å². The summed E-state index contributed by atoms with van der Waals surface area (Å²) in [6, 6.07) is 20.0. The zero-order valence-corrected chi connectivity index (χ0v) is 20.3. The van der Waals surface area contributed by atoms with E-state index in [9.17, 15) is 0 Å². The van der Waals surface area contributed by atoms with Crippen LogP contribution in [0.5, 0.6) is 0 Å². The number of pyridine rings is 2. The second-order valence-corrected chi connectivity index (χ2v) is 9.72. The molecule has 3 heteroatoms. The van der Waals surface area contributed by atoms with Gasteiger partial charge in [0.25, 0.3) is 0 Å². The zero-order chi connectivity index (χ0) is 23.8. The second-order valence-electron chi connectivity index (χ2n) is 9.72. The topological polar surface area (TPSA) is 30.2 Å². The predicted octanol–water partition coefficient (Wildman–Crippen LogP) is 8.19. The third-order valence-electron chi connectivity index (χ3n) is 7.65. The largest absolute Gasteiger partial charge is 0.305 e. The van der Waals surface area contributed by atoms with Gasteiger partial charge in [-0.15, -0.1) is 0 Å². The fourth-order valence-corrected chi connectivity index (χ4v) is 6.23. The van der Waals surface area contributed by atoms with Gasteiger partial charge in [-0.2, -0.15) is 0 Å². The normalized spacial score (nSPS) is 12.0. The number of nitrogens with zero attached hydrogens (tertiary/aromatic N) is 3. The van der Waals surface area contributed by atoms with Crippen LogP contribution in [0.1, 0.15) is 22.3 Å². The van der Waals surface area contributed by atoms with Crippen LogP contribution >= 0.6 is 0 Å². The third-order valence-corrected chi connectivity index (χ3v) is 7.65. The van der Waals surface area contributed by atoms with Crippen molar-refractivity contribution in [2.24, 2.45) is 0 Å². The Kier molecular flexibility index (Phi) is 4.11. The molecule has 0 unspecified atom stereocenters. The molecule has 0 saturated carbocycles. The molecule has 7 aromatic rings. The highest BCUT2D eigenvalue weighted by Crippen LogP contribution is 2.49. The lowest BCUT2D eigenvalue weighted by Gasteiger charge is -2.17. The minimum atomic E-state index is 1.13. The van der Waals surface area contributed by atoms with Gasteiger partial charge in [0.15, 0.2) is 0 Å². The Hall–Kier alpha value is -4.24. The highest BCUT2D eigenvalue weighted by molar-refractivity contribution is 6.30. The summed E-state index contributed by atoms with van der Waals surface area (Å²) < 4.78 is 2.38. The van der Waals surface area contributed by atoms with Crippen LogP contribution < -0.4 is 0 Å². The number of hydrogen-bond acceptors (Lipinski definition) is 2. The van der Waals surface area contributed by atoms with E-state index >= 15 is 0 Å². The number of fused-ring (bicyclic) bond motifs is 6. The molecular formula is C32H25N3. The van der Waals surface area contributed by atoms with Crippen LogP contribution in [0.2, 0.25) is 0 Å². The number of aromatic nitrogens is 3. The van der Waals surface area contributed by atoms with Gasteiger partial charge in [0, 0.05) is 33.9 Å². The molecule has 0 amide bonds. The molecule has 0 aliphatic rings. The molecule has 0 radical (unpaired) electrons. The monoisotopic (exact) mass is 451 g/mol. The SMILES string of the molecule is Cc1cccc(C)c1-c1cc(-c2c(C)cccc2C)c2c3ccncc3n3c4cnccc4c1c23. The summed E-state index contributed by atoms with van der Waals surface area (Å²) in [5, 5.41) is 5.05. The molecule has 4 aromatic heterocycles. The Balaban J connectivity index is 1.84. The first kappa shape index (κ1) is 20.2. The van der Waals surface area contributed by atoms with Gasteiger partial charge in [0.05, 0.1) is 28.9 Å². The van der Waals surface area contributed by atoms with E-state index < -0.39 is 0 Å². The van der Waals surface area contributed by atoms with Gasteiger partial charge in [-0.3, -0.25) is 9.97 Å². The van der Waals surface area contributed by atoms with E-state index in [1.165, 1.54) is 71.6 Å². The van der Waals surface area contributed by atoms with Crippen molar-refractivity contribution < 1.29 is 0 Å². The fraction of sp³-hybridized carbons (Fsp3) is 0.125. The lowest BCUT2D eigenvalue weighted by atomic mass is 9.86. The van der Waals surface area contributed by atoms with Gasteiger partial charge in [0.1, 0.15) is 0 Å². The van der Waals surface area contributed by atoms with E-state index in [1.807, 2.05) is 24.8 Å². The average Bonchev–Trinajstić information content (AvgIpc) is 3.37. The first-order chi connectivity index (χ1) is 17.1. The van der Waals surface area contributed by atoms with Crippen LogP contribution in [-0.4, -0.2) is 14.4 Å². The van der Waals surface area contributed by atoms with E-state index in [1.54, 1.807) is 0 Å². The molecule has 0 spiro atoms. The molecule has 4 heterocycles. The van der Waals surface area contributed by atoms with Crippen molar-refractivity contribution in [1.82, 2.24) is 14.4 Å². The molecule has 0 fully saturated rings. The Morgan fingerprint density at radius 3 is 1.43 bits per heavy atom.